The van der Waals surface area contributed by atoms with Crippen molar-refractivity contribution in [2.45, 2.75) is 13.0 Å². The topological polar surface area (TPSA) is 67.8 Å². The van der Waals surface area contributed by atoms with E-state index in [0.717, 1.165) is 0 Å². The Labute approximate surface area is 54.5 Å². The molecule has 3 heteroatoms. The summed E-state index contributed by atoms with van der Waals surface area (Å²) in [7, 11) is 0. The lowest BCUT2D eigenvalue weighted by Gasteiger charge is -1.76. The molecule has 0 spiro atoms. The molecule has 0 aliphatic heterocycles. The van der Waals surface area contributed by atoms with E-state index in [4.69, 9.17) is 15.6 Å². The molecular formula is C6H8N2O. The predicted molar refractivity (Wildman–Crippen MR) is 33.1 cm³/mol. The minimum absolute atomic E-state index is 0.810. The van der Waals surface area contributed by atoms with Crippen LogP contribution in [0.1, 0.15) is 6.92 Å². The first-order chi connectivity index (χ1) is 4.18. The summed E-state index contributed by atoms with van der Waals surface area (Å²) in [5.41, 5.74) is 0. The van der Waals surface area contributed by atoms with Crippen molar-refractivity contribution in [3.63, 3.8) is 0 Å². The highest BCUT2D eigenvalue weighted by Gasteiger charge is 1.80. The van der Waals surface area contributed by atoms with Gasteiger partial charge in [0.15, 0.2) is 0 Å². The van der Waals surface area contributed by atoms with Crippen LogP contribution in [-0.4, -0.2) is 11.2 Å². The molecule has 1 unspecified atom stereocenters. The number of aliphatic hydroxyl groups is 1. The summed E-state index contributed by atoms with van der Waals surface area (Å²) < 4.78 is 0. The minimum atomic E-state index is -0.810. The van der Waals surface area contributed by atoms with Crippen molar-refractivity contribution < 1.29 is 5.11 Å². The van der Waals surface area contributed by atoms with Crippen LogP contribution in [0.4, 0.5) is 0 Å². The zero-order valence-electron chi connectivity index (χ0n) is 5.20. The van der Waals surface area contributed by atoms with Crippen LogP contribution in [0.5, 0.6) is 0 Å². The lowest BCUT2D eigenvalue weighted by atomic mass is 10.5. The summed E-state index contributed by atoms with van der Waals surface area (Å²) in [4.78, 5) is 0. The maximum absolute atomic E-state index is 8.00. The average Bonchev–Trinajstić information content (AvgIpc) is 1.89. The molecule has 0 aromatic rings. The number of rotatable bonds is 0. The lowest BCUT2D eigenvalue weighted by Crippen LogP contribution is -1.90. The van der Waals surface area contributed by atoms with E-state index in [-0.39, 0.29) is 0 Å². The van der Waals surface area contributed by atoms with Gasteiger partial charge in [-0.2, -0.15) is 10.5 Å². The van der Waals surface area contributed by atoms with E-state index in [0.29, 0.717) is 0 Å². The molecule has 0 saturated carbocycles. The number of allylic oxidation sites excluding steroid dienone is 1. The molecule has 0 rings (SSSR count). The molecule has 0 aliphatic carbocycles. The van der Waals surface area contributed by atoms with E-state index >= 15 is 0 Å². The fraction of sp³-hybridized carbons (Fsp3) is 0.333. The van der Waals surface area contributed by atoms with E-state index in [2.05, 4.69) is 6.58 Å². The number of nitrogens with zero attached hydrogens (tertiary/aromatic N) is 2. The third-order valence-electron chi connectivity index (χ3n) is 0.278. The molecule has 48 valence electrons. The highest BCUT2D eigenvalue weighted by Crippen LogP contribution is 1.66. The molecule has 0 bridgehead atoms. The van der Waals surface area contributed by atoms with Gasteiger partial charge in [-0.3, -0.25) is 0 Å². The van der Waals surface area contributed by atoms with Crippen LogP contribution in [-0.2, 0) is 0 Å². The molecule has 0 saturated heterocycles. The van der Waals surface area contributed by atoms with Crippen LogP contribution in [0.25, 0.3) is 0 Å². The molecule has 0 aliphatic rings. The van der Waals surface area contributed by atoms with Gasteiger partial charge in [-0.05, 0) is 6.92 Å². The van der Waals surface area contributed by atoms with Crippen LogP contribution in [0.3, 0.4) is 0 Å². The smallest absolute Gasteiger partial charge is 0.137 e. The van der Waals surface area contributed by atoms with Crippen LogP contribution >= 0.6 is 0 Å². The fourth-order valence-corrected chi connectivity index (χ4v) is 0. The Kier molecular flexibility index (Phi) is 11.6. The third kappa shape index (κ3) is 51.8. The predicted octanol–water partition coefficient (Wildman–Crippen LogP) is 0.587. The molecular weight excluding hydrogens is 116 g/mol. The second-order valence-electron chi connectivity index (χ2n) is 1.14. The normalized spacial score (nSPS) is 8.89. The molecule has 1 N–H and O–H groups in total. The average molecular weight is 124 g/mol. The Morgan fingerprint density at radius 2 is 1.89 bits per heavy atom. The Balaban J connectivity index is 0. The summed E-state index contributed by atoms with van der Waals surface area (Å²) in [6, 6.07) is 3.28. The van der Waals surface area contributed by atoms with Gasteiger partial charge in [0.1, 0.15) is 6.10 Å². The molecule has 0 aromatic heterocycles. The molecule has 1 atom stereocenters. The number of aliphatic hydroxyl groups excluding tert-OH is 1. The Hall–Kier alpha value is -1.32. The van der Waals surface area contributed by atoms with Crippen molar-refractivity contribution >= 4 is 0 Å². The molecule has 0 amide bonds. The first kappa shape index (κ1) is 10.6. The van der Waals surface area contributed by atoms with Gasteiger partial charge in [-0.15, -0.1) is 0 Å². The summed E-state index contributed by atoms with van der Waals surface area (Å²) in [5.74, 6) is 0. The first-order valence-electron chi connectivity index (χ1n) is 2.27. The van der Waals surface area contributed by atoms with Crippen molar-refractivity contribution in [3.8, 4) is 12.1 Å². The summed E-state index contributed by atoms with van der Waals surface area (Å²) in [6.45, 7) is 4.53. The zero-order chi connectivity index (χ0) is 7.70. The highest BCUT2D eigenvalue weighted by atomic mass is 16.3. The van der Waals surface area contributed by atoms with Crippen molar-refractivity contribution in [1.29, 1.82) is 10.5 Å². The van der Waals surface area contributed by atoms with E-state index in [1.165, 1.54) is 13.0 Å². The Bertz CT molecular complexity index is 138. The lowest BCUT2D eigenvalue weighted by molar-refractivity contribution is 0.251. The van der Waals surface area contributed by atoms with Crippen molar-refractivity contribution in [1.82, 2.24) is 0 Å². The number of hydrogen-bond acceptors (Lipinski definition) is 3. The van der Waals surface area contributed by atoms with Crippen LogP contribution in [0.15, 0.2) is 12.7 Å². The number of nitriles is 2. The molecule has 0 aromatic carbocycles. The van der Waals surface area contributed by atoms with Crippen molar-refractivity contribution in [2.24, 2.45) is 0 Å². The minimum Gasteiger partial charge on any atom is -0.378 e. The quantitative estimate of drug-likeness (QED) is 0.379. The number of hydrogen-bond donors (Lipinski definition) is 1. The summed E-state index contributed by atoms with van der Waals surface area (Å²) >= 11 is 0. The second kappa shape index (κ2) is 9.84. The molecule has 3 nitrogen and oxygen atoms in total. The largest absolute Gasteiger partial charge is 0.378 e. The van der Waals surface area contributed by atoms with Gasteiger partial charge in [0.2, 0.25) is 0 Å². The van der Waals surface area contributed by atoms with Crippen molar-refractivity contribution in [2.75, 3.05) is 0 Å². The van der Waals surface area contributed by atoms with Crippen LogP contribution in [0.2, 0.25) is 0 Å². The van der Waals surface area contributed by atoms with E-state index in [1.807, 2.05) is 0 Å². The van der Waals surface area contributed by atoms with Gasteiger partial charge in [-0.1, -0.05) is 6.58 Å². The van der Waals surface area contributed by atoms with Gasteiger partial charge in [0.25, 0.3) is 0 Å². The zero-order valence-corrected chi connectivity index (χ0v) is 5.20. The van der Waals surface area contributed by atoms with Gasteiger partial charge >= 0.3 is 0 Å². The van der Waals surface area contributed by atoms with E-state index < -0.39 is 6.10 Å². The van der Waals surface area contributed by atoms with Gasteiger partial charge < -0.3 is 5.11 Å². The molecule has 9 heavy (non-hydrogen) atoms. The third-order valence-corrected chi connectivity index (χ3v) is 0.278. The van der Waals surface area contributed by atoms with Crippen LogP contribution < -0.4 is 0 Å². The molecule has 0 fully saturated rings. The van der Waals surface area contributed by atoms with E-state index in [9.17, 15) is 0 Å². The molecule has 0 heterocycles. The van der Waals surface area contributed by atoms with Crippen LogP contribution in [0, 0.1) is 22.7 Å². The van der Waals surface area contributed by atoms with E-state index in [1.54, 1.807) is 12.1 Å². The maximum Gasteiger partial charge on any atom is 0.137 e. The van der Waals surface area contributed by atoms with Gasteiger partial charge in [-0.25, -0.2) is 0 Å². The maximum atomic E-state index is 8.00. The van der Waals surface area contributed by atoms with Gasteiger partial charge in [0, 0.05) is 6.08 Å². The van der Waals surface area contributed by atoms with Crippen molar-refractivity contribution in [3.05, 3.63) is 12.7 Å². The SMILES string of the molecule is C=CC#N.CC(O)C#N. The second-order valence-corrected chi connectivity index (χ2v) is 1.14. The summed E-state index contributed by atoms with van der Waals surface area (Å²) in [6.07, 6.45) is 0.370. The Morgan fingerprint density at radius 1 is 1.67 bits per heavy atom. The monoisotopic (exact) mass is 124 g/mol. The standard InChI is InChI=1S/C3H5NO.C3H3N/c1-3(5)2-4;1-2-3-4/h3,5H,1H3;2H,1H2. The Morgan fingerprint density at radius 3 is 1.89 bits per heavy atom. The molecule has 0 radical (unpaired) electrons. The highest BCUT2D eigenvalue weighted by molar-refractivity contribution is 4.93. The first-order valence-corrected chi connectivity index (χ1v) is 2.27. The summed E-state index contributed by atoms with van der Waals surface area (Å²) in [5, 5.41) is 23.2. The fourth-order valence-electron chi connectivity index (χ4n) is 0. The van der Waals surface area contributed by atoms with Gasteiger partial charge in [0.05, 0.1) is 12.1 Å².